The Kier molecular flexibility index (Phi) is 5.07. The third-order valence-corrected chi connectivity index (χ3v) is 5.78. The van der Waals surface area contributed by atoms with Gasteiger partial charge in [0, 0.05) is 49.7 Å². The lowest BCUT2D eigenvalue weighted by Gasteiger charge is -2.19. The van der Waals surface area contributed by atoms with Crippen LogP contribution in [0.4, 0.5) is 5.82 Å². The summed E-state index contributed by atoms with van der Waals surface area (Å²) in [7, 11) is 1.69. The first-order valence-corrected chi connectivity index (χ1v) is 9.85. The monoisotopic (exact) mass is 404 g/mol. The molecule has 154 valence electrons. The van der Waals surface area contributed by atoms with Crippen LogP contribution in [0, 0.1) is 13.8 Å². The van der Waals surface area contributed by atoms with Crippen molar-refractivity contribution in [3.8, 4) is 11.1 Å². The number of nitrogens with two attached hydrogens (primary N) is 1. The first-order chi connectivity index (χ1) is 14.4. The lowest BCUT2D eigenvalue weighted by atomic mass is 9.96. The van der Waals surface area contributed by atoms with Crippen molar-refractivity contribution < 1.29 is 4.79 Å². The van der Waals surface area contributed by atoms with Crippen molar-refractivity contribution in [1.82, 2.24) is 24.4 Å². The standard InChI is InChI=1S/C22H24N6O2/c1-13-8-14(2)27(3)21(29)19(13)22(30)28-7-5-16(11-28)20-17(10-24-12-26-20)15-4-6-25-18(23)9-15/h4,6,8-10,12,16H,5,7,11H2,1-3H3,(H2,23,25)/t16-/m0/s1. The minimum absolute atomic E-state index is 0.0518. The highest BCUT2D eigenvalue weighted by molar-refractivity contribution is 5.95. The van der Waals surface area contributed by atoms with Gasteiger partial charge in [-0.3, -0.25) is 9.59 Å². The molecule has 8 heteroatoms. The summed E-state index contributed by atoms with van der Waals surface area (Å²) in [4.78, 5) is 40.4. The second kappa shape index (κ2) is 7.70. The second-order valence-corrected chi connectivity index (χ2v) is 7.74. The minimum atomic E-state index is -0.254. The molecule has 3 aromatic heterocycles. The number of hydrogen-bond donors (Lipinski definition) is 1. The SMILES string of the molecule is Cc1cc(C)n(C)c(=O)c1C(=O)N1CC[C@H](c2ncncc2-c2ccnc(N)c2)C1. The van der Waals surface area contributed by atoms with Crippen molar-refractivity contribution in [1.29, 1.82) is 0 Å². The Morgan fingerprint density at radius 2 is 2.03 bits per heavy atom. The predicted molar refractivity (Wildman–Crippen MR) is 114 cm³/mol. The van der Waals surface area contributed by atoms with Gasteiger partial charge in [-0.2, -0.15) is 0 Å². The van der Waals surface area contributed by atoms with Crippen LogP contribution in [0.3, 0.4) is 0 Å². The molecule has 2 N–H and O–H groups in total. The number of anilines is 1. The molecule has 30 heavy (non-hydrogen) atoms. The summed E-state index contributed by atoms with van der Waals surface area (Å²) >= 11 is 0. The smallest absolute Gasteiger partial charge is 0.263 e. The van der Waals surface area contributed by atoms with Crippen molar-refractivity contribution in [3.05, 3.63) is 69.8 Å². The molecular weight excluding hydrogens is 380 g/mol. The molecule has 0 unspecified atom stereocenters. The van der Waals surface area contributed by atoms with Crippen LogP contribution in [-0.4, -0.2) is 43.4 Å². The molecule has 3 aromatic rings. The Balaban J connectivity index is 1.63. The summed E-state index contributed by atoms with van der Waals surface area (Å²) < 4.78 is 1.52. The van der Waals surface area contributed by atoms with Crippen molar-refractivity contribution in [2.24, 2.45) is 7.05 Å². The Hall–Kier alpha value is -3.55. The van der Waals surface area contributed by atoms with E-state index in [2.05, 4.69) is 15.0 Å². The van der Waals surface area contributed by atoms with Crippen LogP contribution in [-0.2, 0) is 7.05 Å². The maximum Gasteiger partial charge on any atom is 0.263 e. The van der Waals surface area contributed by atoms with Gasteiger partial charge in [0.1, 0.15) is 17.7 Å². The van der Waals surface area contributed by atoms with Crippen LogP contribution < -0.4 is 11.3 Å². The zero-order chi connectivity index (χ0) is 21.4. The molecule has 0 aliphatic carbocycles. The minimum Gasteiger partial charge on any atom is -0.384 e. The molecule has 0 bridgehead atoms. The van der Waals surface area contributed by atoms with Crippen LogP contribution in [0.1, 0.15) is 39.6 Å². The Labute approximate surface area is 174 Å². The van der Waals surface area contributed by atoms with Gasteiger partial charge in [-0.1, -0.05) is 0 Å². The number of pyridine rings is 2. The molecule has 1 amide bonds. The number of nitrogen functional groups attached to an aromatic ring is 1. The second-order valence-electron chi connectivity index (χ2n) is 7.74. The number of aryl methyl sites for hydroxylation is 2. The quantitative estimate of drug-likeness (QED) is 0.716. The summed E-state index contributed by atoms with van der Waals surface area (Å²) in [5.41, 5.74) is 10.0. The molecule has 4 heterocycles. The average molecular weight is 404 g/mol. The van der Waals surface area contributed by atoms with E-state index in [1.165, 1.54) is 10.9 Å². The highest BCUT2D eigenvalue weighted by atomic mass is 16.2. The highest BCUT2D eigenvalue weighted by Gasteiger charge is 2.32. The van der Waals surface area contributed by atoms with Crippen LogP contribution in [0.15, 0.2) is 41.7 Å². The van der Waals surface area contributed by atoms with E-state index in [1.807, 2.05) is 26.0 Å². The fourth-order valence-electron chi connectivity index (χ4n) is 4.07. The van der Waals surface area contributed by atoms with E-state index in [0.29, 0.717) is 24.5 Å². The molecule has 0 radical (unpaired) electrons. The number of carbonyl (C=O) groups excluding carboxylic acids is 1. The average Bonchev–Trinajstić information content (AvgIpc) is 3.22. The van der Waals surface area contributed by atoms with E-state index in [0.717, 1.165) is 28.9 Å². The molecule has 1 saturated heterocycles. The lowest BCUT2D eigenvalue weighted by molar-refractivity contribution is 0.0787. The first-order valence-electron chi connectivity index (χ1n) is 9.85. The van der Waals surface area contributed by atoms with Gasteiger partial charge in [-0.15, -0.1) is 0 Å². The number of likely N-dealkylation sites (tertiary alicyclic amines) is 1. The Morgan fingerprint density at radius 3 is 2.80 bits per heavy atom. The van der Waals surface area contributed by atoms with Crippen molar-refractivity contribution >= 4 is 11.7 Å². The lowest BCUT2D eigenvalue weighted by Crippen LogP contribution is -2.36. The zero-order valence-electron chi connectivity index (χ0n) is 17.3. The maximum absolute atomic E-state index is 13.2. The molecule has 1 atom stereocenters. The number of rotatable bonds is 3. The largest absolute Gasteiger partial charge is 0.384 e. The number of hydrogen-bond acceptors (Lipinski definition) is 6. The van der Waals surface area contributed by atoms with Crippen molar-refractivity contribution in [2.45, 2.75) is 26.2 Å². The Bertz CT molecular complexity index is 1190. The van der Waals surface area contributed by atoms with Crippen molar-refractivity contribution in [3.63, 3.8) is 0 Å². The maximum atomic E-state index is 13.2. The van der Waals surface area contributed by atoms with Gasteiger partial charge in [0.15, 0.2) is 0 Å². The molecule has 1 aliphatic rings. The molecule has 0 aromatic carbocycles. The summed E-state index contributed by atoms with van der Waals surface area (Å²) in [6.45, 7) is 4.74. The third kappa shape index (κ3) is 3.45. The van der Waals surface area contributed by atoms with Gasteiger partial charge < -0.3 is 15.2 Å². The van der Waals surface area contributed by atoms with Gasteiger partial charge in [0.25, 0.3) is 11.5 Å². The summed E-state index contributed by atoms with van der Waals surface area (Å²) in [5, 5.41) is 0. The fraction of sp³-hybridized carbons (Fsp3) is 0.318. The van der Waals surface area contributed by atoms with E-state index < -0.39 is 0 Å². The number of carbonyl (C=O) groups is 1. The number of aromatic nitrogens is 4. The van der Waals surface area contributed by atoms with Crippen LogP contribution >= 0.6 is 0 Å². The summed E-state index contributed by atoms with van der Waals surface area (Å²) in [6, 6.07) is 5.54. The van der Waals surface area contributed by atoms with Gasteiger partial charge in [0.2, 0.25) is 0 Å². The third-order valence-electron chi connectivity index (χ3n) is 5.78. The fourth-order valence-corrected chi connectivity index (χ4v) is 4.07. The molecule has 1 aliphatic heterocycles. The predicted octanol–water partition coefficient (Wildman–Crippen LogP) is 2.07. The normalized spacial score (nSPS) is 16.1. The van der Waals surface area contributed by atoms with Gasteiger partial charge in [0.05, 0.1) is 5.69 Å². The molecule has 8 nitrogen and oxygen atoms in total. The van der Waals surface area contributed by atoms with E-state index in [1.54, 1.807) is 30.4 Å². The molecular formula is C22H24N6O2. The number of nitrogens with zero attached hydrogens (tertiary/aromatic N) is 5. The van der Waals surface area contributed by atoms with Gasteiger partial charge in [-0.25, -0.2) is 15.0 Å². The summed E-state index contributed by atoms with van der Waals surface area (Å²) in [6.07, 6.45) is 5.71. The van der Waals surface area contributed by atoms with E-state index in [9.17, 15) is 9.59 Å². The van der Waals surface area contributed by atoms with Crippen molar-refractivity contribution in [2.75, 3.05) is 18.8 Å². The van der Waals surface area contributed by atoms with Gasteiger partial charge in [-0.05, 0) is 49.6 Å². The molecule has 1 fully saturated rings. The topological polar surface area (TPSA) is 107 Å². The molecule has 0 spiro atoms. The Morgan fingerprint density at radius 1 is 1.23 bits per heavy atom. The zero-order valence-corrected chi connectivity index (χ0v) is 17.3. The molecule has 4 rings (SSSR count). The number of amides is 1. The summed E-state index contributed by atoms with van der Waals surface area (Å²) in [5.74, 6) is 0.256. The molecule has 0 saturated carbocycles. The van der Waals surface area contributed by atoms with Gasteiger partial charge >= 0.3 is 0 Å². The van der Waals surface area contributed by atoms with E-state index in [4.69, 9.17) is 5.73 Å². The highest BCUT2D eigenvalue weighted by Crippen LogP contribution is 2.33. The van der Waals surface area contributed by atoms with Crippen LogP contribution in [0.25, 0.3) is 11.1 Å². The van der Waals surface area contributed by atoms with E-state index in [-0.39, 0.29) is 22.9 Å². The van der Waals surface area contributed by atoms with Crippen LogP contribution in [0.2, 0.25) is 0 Å². The first kappa shape index (κ1) is 19.8. The van der Waals surface area contributed by atoms with E-state index >= 15 is 0 Å². The van der Waals surface area contributed by atoms with Crippen LogP contribution in [0.5, 0.6) is 0 Å².